The third-order valence-electron chi connectivity index (χ3n) is 1.33. The fourth-order valence-electron chi connectivity index (χ4n) is 0.852. The molecule has 0 fully saturated rings. The zero-order chi connectivity index (χ0) is 10.4. The van der Waals surface area contributed by atoms with E-state index in [9.17, 15) is 0 Å². The van der Waals surface area contributed by atoms with Crippen molar-refractivity contribution in [3.63, 3.8) is 0 Å². The Morgan fingerprint density at radius 2 is 2.14 bits per heavy atom. The van der Waals surface area contributed by atoms with E-state index in [2.05, 4.69) is 21.7 Å². The Balaban J connectivity index is 0.000000213. The smallest absolute Gasteiger partial charge is 0.402 e. The molecule has 1 aliphatic heterocycles. The molecule has 6 heteroatoms. The molecule has 0 saturated carbocycles. The summed E-state index contributed by atoms with van der Waals surface area (Å²) < 4.78 is 0. The van der Waals surface area contributed by atoms with Gasteiger partial charge in [-0.1, -0.05) is 18.2 Å². The predicted octanol–water partition coefficient (Wildman–Crippen LogP) is 1.25. The Kier molecular flexibility index (Phi) is 3.81. The van der Waals surface area contributed by atoms with E-state index < -0.39 is 6.09 Å². The number of hydrogen-bond acceptors (Lipinski definition) is 4. The van der Waals surface area contributed by atoms with Crippen LogP contribution < -0.4 is 10.6 Å². The highest BCUT2D eigenvalue weighted by atomic mass is 32.2. The average molecular weight is 211 g/mol. The molecular formula is C8H9N3O2S. The largest absolute Gasteiger partial charge is 0.465 e. The molecule has 2 rings (SSSR count). The molecule has 0 aromatic heterocycles. The molecule has 1 aromatic rings. The van der Waals surface area contributed by atoms with Gasteiger partial charge >= 0.3 is 6.09 Å². The molecule has 4 N–H and O–H groups in total. The van der Waals surface area contributed by atoms with Gasteiger partial charge in [0, 0.05) is 22.4 Å². The monoisotopic (exact) mass is 211 g/mol. The Morgan fingerprint density at radius 3 is 2.79 bits per heavy atom. The van der Waals surface area contributed by atoms with Crippen LogP contribution in [0.15, 0.2) is 34.3 Å². The number of carboxylic acid groups (broad SMARTS) is 1. The summed E-state index contributed by atoms with van der Waals surface area (Å²) in [6, 6.07) is 8.15. The number of fused-ring (bicyclic) bond motifs is 1. The summed E-state index contributed by atoms with van der Waals surface area (Å²) in [5, 5.41) is 11.1. The van der Waals surface area contributed by atoms with Crippen LogP contribution in [0.1, 0.15) is 5.56 Å². The van der Waals surface area contributed by atoms with E-state index in [4.69, 9.17) is 9.90 Å². The van der Waals surface area contributed by atoms with Crippen molar-refractivity contribution in [1.29, 1.82) is 0 Å². The second kappa shape index (κ2) is 5.13. The fraction of sp³-hybridized carbons (Fsp3) is 0. The van der Waals surface area contributed by atoms with Crippen LogP contribution in [-0.4, -0.2) is 17.4 Å². The number of nitrogens with zero attached hydrogens (tertiary/aromatic N) is 1. The molecule has 0 radical (unpaired) electrons. The highest BCUT2D eigenvalue weighted by molar-refractivity contribution is 7.97. The minimum Gasteiger partial charge on any atom is -0.465 e. The first-order valence-electron chi connectivity index (χ1n) is 3.72. The Labute approximate surface area is 85.1 Å². The molecule has 14 heavy (non-hydrogen) atoms. The van der Waals surface area contributed by atoms with Crippen molar-refractivity contribution in [2.45, 2.75) is 4.90 Å². The maximum atomic E-state index is 8.78. The van der Waals surface area contributed by atoms with Gasteiger partial charge in [0.1, 0.15) is 0 Å². The lowest BCUT2D eigenvalue weighted by molar-refractivity contribution is 0.205. The van der Waals surface area contributed by atoms with E-state index in [1.165, 1.54) is 10.5 Å². The number of rotatable bonds is 0. The van der Waals surface area contributed by atoms with Crippen LogP contribution in [0.4, 0.5) is 4.79 Å². The second-order valence-corrected chi connectivity index (χ2v) is 3.15. The number of nitrogens with one attached hydrogen (secondary N) is 1. The topological polar surface area (TPSA) is 87.7 Å². The van der Waals surface area contributed by atoms with E-state index in [0.29, 0.717) is 0 Å². The fourth-order valence-corrected chi connectivity index (χ4v) is 1.44. The van der Waals surface area contributed by atoms with Gasteiger partial charge in [0.25, 0.3) is 0 Å². The van der Waals surface area contributed by atoms with Crippen molar-refractivity contribution >= 4 is 24.3 Å². The maximum absolute atomic E-state index is 8.78. The van der Waals surface area contributed by atoms with Gasteiger partial charge in [-0.15, -0.1) is 0 Å². The summed E-state index contributed by atoms with van der Waals surface area (Å²) in [6.45, 7) is 0. The van der Waals surface area contributed by atoms with Gasteiger partial charge in [0.05, 0.1) is 6.21 Å². The number of nitrogens with two attached hydrogens (primary N) is 1. The lowest BCUT2D eigenvalue weighted by Gasteiger charge is -2.07. The van der Waals surface area contributed by atoms with Gasteiger partial charge in [0.2, 0.25) is 0 Å². The van der Waals surface area contributed by atoms with Crippen LogP contribution in [0.5, 0.6) is 0 Å². The number of amides is 1. The van der Waals surface area contributed by atoms with Crippen molar-refractivity contribution in [3.05, 3.63) is 29.8 Å². The third-order valence-corrected chi connectivity index (χ3v) is 2.12. The van der Waals surface area contributed by atoms with Crippen LogP contribution in [0, 0.1) is 0 Å². The molecule has 0 atom stereocenters. The molecule has 0 saturated heterocycles. The van der Waals surface area contributed by atoms with Gasteiger partial charge < -0.3 is 10.8 Å². The normalized spacial score (nSPS) is 11.7. The molecule has 1 aliphatic rings. The molecule has 1 heterocycles. The maximum Gasteiger partial charge on any atom is 0.402 e. The van der Waals surface area contributed by atoms with E-state index in [0.717, 1.165) is 0 Å². The molecule has 5 nitrogen and oxygen atoms in total. The minimum absolute atomic E-state index is 1.19. The molecular weight excluding hydrogens is 202 g/mol. The quantitative estimate of drug-likeness (QED) is 0.563. The Morgan fingerprint density at radius 1 is 1.50 bits per heavy atom. The van der Waals surface area contributed by atoms with Gasteiger partial charge in [0.15, 0.2) is 0 Å². The van der Waals surface area contributed by atoms with E-state index in [1.54, 1.807) is 11.9 Å². The first-order valence-corrected chi connectivity index (χ1v) is 4.54. The average Bonchev–Trinajstić information content (AvgIpc) is 2.17. The number of hydrazone groups is 1. The summed E-state index contributed by atoms with van der Waals surface area (Å²) in [7, 11) is 0. The molecule has 0 spiro atoms. The highest BCUT2D eigenvalue weighted by Gasteiger charge is 2.01. The summed E-state index contributed by atoms with van der Waals surface area (Å²) in [4.78, 5) is 12.8. The van der Waals surface area contributed by atoms with E-state index >= 15 is 0 Å². The Bertz CT molecular complexity index is 350. The van der Waals surface area contributed by atoms with Crippen LogP contribution in [0.3, 0.4) is 0 Å². The van der Waals surface area contributed by atoms with Gasteiger partial charge in [-0.2, -0.15) is 5.10 Å². The first-order chi connectivity index (χ1) is 6.70. The lowest BCUT2D eigenvalue weighted by atomic mass is 10.2. The number of benzene rings is 1. The summed E-state index contributed by atoms with van der Waals surface area (Å²) >= 11 is 1.54. The van der Waals surface area contributed by atoms with Crippen molar-refractivity contribution in [1.82, 2.24) is 4.83 Å². The number of hydrogen-bond donors (Lipinski definition) is 3. The van der Waals surface area contributed by atoms with Gasteiger partial charge in [-0.05, 0) is 6.07 Å². The zero-order valence-electron chi connectivity index (χ0n) is 7.18. The molecule has 0 bridgehead atoms. The van der Waals surface area contributed by atoms with Crippen molar-refractivity contribution in [2.75, 3.05) is 0 Å². The van der Waals surface area contributed by atoms with E-state index in [-0.39, 0.29) is 0 Å². The SMILES string of the molecule is C1=NNSc2ccccc21.NC(=O)O. The summed E-state index contributed by atoms with van der Waals surface area (Å²) in [5.74, 6) is 0. The van der Waals surface area contributed by atoms with E-state index in [1.807, 2.05) is 24.4 Å². The van der Waals surface area contributed by atoms with Crippen LogP contribution in [0.25, 0.3) is 0 Å². The van der Waals surface area contributed by atoms with Crippen LogP contribution in [-0.2, 0) is 0 Å². The molecule has 0 aliphatic carbocycles. The summed E-state index contributed by atoms with van der Waals surface area (Å²) in [5.41, 5.74) is 5.21. The molecule has 1 amide bonds. The standard InChI is InChI=1S/C7H6N2S.CH3NO2/c1-2-4-7-6(3-1)5-8-9-10-7;2-1(3)4/h1-5,9H;2H2,(H,3,4). The molecule has 1 aromatic carbocycles. The second-order valence-electron chi connectivity index (χ2n) is 2.33. The summed E-state index contributed by atoms with van der Waals surface area (Å²) in [6.07, 6.45) is 0.492. The number of primary amides is 1. The van der Waals surface area contributed by atoms with Gasteiger partial charge in [-0.25, -0.2) is 9.63 Å². The minimum atomic E-state index is -1.33. The molecule has 0 unspecified atom stereocenters. The predicted molar refractivity (Wildman–Crippen MR) is 55.2 cm³/mol. The van der Waals surface area contributed by atoms with Crippen LogP contribution in [0.2, 0.25) is 0 Å². The van der Waals surface area contributed by atoms with Crippen LogP contribution >= 0.6 is 11.9 Å². The lowest BCUT2D eigenvalue weighted by Crippen LogP contribution is -2.03. The van der Waals surface area contributed by atoms with Crippen molar-refractivity contribution in [2.24, 2.45) is 10.8 Å². The van der Waals surface area contributed by atoms with Crippen molar-refractivity contribution < 1.29 is 9.90 Å². The van der Waals surface area contributed by atoms with Crippen molar-refractivity contribution in [3.8, 4) is 0 Å². The molecule has 74 valence electrons. The third kappa shape index (κ3) is 3.36. The van der Waals surface area contributed by atoms with Gasteiger partial charge in [-0.3, -0.25) is 0 Å². The first kappa shape index (κ1) is 10.4. The highest BCUT2D eigenvalue weighted by Crippen LogP contribution is 2.20. The zero-order valence-corrected chi connectivity index (χ0v) is 7.99. The Hall–Kier alpha value is -1.69. The number of carbonyl (C=O) groups is 1.